The fourth-order valence-corrected chi connectivity index (χ4v) is 2.73. The number of rotatable bonds is 11. The second-order valence-corrected chi connectivity index (χ2v) is 5.88. The van der Waals surface area contributed by atoms with Gasteiger partial charge in [0.05, 0.1) is 25.4 Å². The van der Waals surface area contributed by atoms with Crippen LogP contribution in [0.15, 0.2) is 54.6 Å². The van der Waals surface area contributed by atoms with Crippen molar-refractivity contribution >= 4 is 11.6 Å². The zero-order valence-corrected chi connectivity index (χ0v) is 15.6. The molecule has 5 heteroatoms. The number of benzene rings is 2. The molecule has 5 nitrogen and oxygen atoms in total. The number of hydrogen-bond donors (Lipinski definition) is 2. The second-order valence-electron chi connectivity index (χ2n) is 5.88. The molecule has 0 aliphatic carbocycles. The van der Waals surface area contributed by atoms with E-state index < -0.39 is 0 Å². The van der Waals surface area contributed by atoms with Crippen molar-refractivity contribution in [2.24, 2.45) is 0 Å². The fraction of sp³-hybridized carbons (Fsp3) is 0.381. The van der Waals surface area contributed by atoms with Crippen molar-refractivity contribution in [3.05, 3.63) is 60.2 Å². The molecule has 0 aliphatic rings. The number of carbonyl (C=O) groups excluding carboxylic acids is 1. The van der Waals surface area contributed by atoms with Crippen LogP contribution in [0.25, 0.3) is 0 Å². The Morgan fingerprint density at radius 3 is 2.50 bits per heavy atom. The molecule has 2 aromatic rings. The summed E-state index contributed by atoms with van der Waals surface area (Å²) in [6.45, 7) is 6.72. The van der Waals surface area contributed by atoms with Gasteiger partial charge in [-0.3, -0.25) is 4.79 Å². The largest absolute Gasteiger partial charge is 0.492 e. The predicted molar refractivity (Wildman–Crippen MR) is 103 cm³/mol. The highest BCUT2D eigenvalue weighted by atomic mass is 16.5. The number of hydrogen-bond acceptors (Lipinski definition) is 3. The molecule has 0 aliphatic heterocycles. The number of nitrogens with one attached hydrogen (secondary N) is 1. The first-order valence-corrected chi connectivity index (χ1v) is 9.25. The molecular formula is C21H29N2O3+. The van der Waals surface area contributed by atoms with E-state index in [1.54, 1.807) is 0 Å². The van der Waals surface area contributed by atoms with E-state index in [0.717, 1.165) is 25.1 Å². The summed E-state index contributed by atoms with van der Waals surface area (Å²) >= 11 is 0. The molecule has 0 saturated carbocycles. The van der Waals surface area contributed by atoms with E-state index >= 15 is 0 Å². The molecule has 0 saturated heterocycles. The maximum absolute atomic E-state index is 13.0. The van der Waals surface area contributed by atoms with Gasteiger partial charge in [0.15, 0.2) is 6.04 Å². The first-order valence-electron chi connectivity index (χ1n) is 9.25. The Kier molecular flexibility index (Phi) is 8.66. The molecule has 0 fully saturated rings. The average Bonchev–Trinajstić information content (AvgIpc) is 2.67. The number of carbonyl (C=O) groups is 1. The maximum Gasteiger partial charge on any atom is 0.287 e. The van der Waals surface area contributed by atoms with Crippen LogP contribution in [0.3, 0.4) is 0 Å². The third kappa shape index (κ3) is 6.17. The summed E-state index contributed by atoms with van der Waals surface area (Å²) in [5.74, 6) is 0.631. The van der Waals surface area contributed by atoms with Gasteiger partial charge in [-0.1, -0.05) is 42.5 Å². The van der Waals surface area contributed by atoms with Crippen LogP contribution >= 0.6 is 0 Å². The van der Waals surface area contributed by atoms with E-state index in [2.05, 4.69) is 10.6 Å². The van der Waals surface area contributed by atoms with Crippen LogP contribution in [-0.4, -0.2) is 32.3 Å². The molecule has 0 bridgehead atoms. The molecule has 2 aromatic carbocycles. The Balaban J connectivity index is 2.08. The molecule has 0 radical (unpaired) electrons. The van der Waals surface area contributed by atoms with E-state index in [4.69, 9.17) is 9.47 Å². The number of amides is 1. The fourth-order valence-electron chi connectivity index (χ4n) is 2.73. The lowest BCUT2D eigenvalue weighted by molar-refractivity contribution is -0.682. The monoisotopic (exact) mass is 357 g/mol. The summed E-state index contributed by atoms with van der Waals surface area (Å²) in [5, 5.41) is 5.08. The second kappa shape index (κ2) is 11.3. The van der Waals surface area contributed by atoms with Crippen molar-refractivity contribution in [2.75, 3.05) is 31.7 Å². The van der Waals surface area contributed by atoms with Crippen LogP contribution in [0.2, 0.25) is 0 Å². The topological polar surface area (TPSA) is 64.2 Å². The van der Waals surface area contributed by atoms with Gasteiger partial charge >= 0.3 is 0 Å². The molecule has 26 heavy (non-hydrogen) atoms. The van der Waals surface area contributed by atoms with Gasteiger partial charge in [0.2, 0.25) is 0 Å². The van der Waals surface area contributed by atoms with E-state index in [1.807, 2.05) is 68.4 Å². The minimum Gasteiger partial charge on any atom is -0.492 e. The molecule has 140 valence electrons. The van der Waals surface area contributed by atoms with Crippen LogP contribution in [0, 0.1) is 0 Å². The van der Waals surface area contributed by atoms with Crippen molar-refractivity contribution in [1.29, 1.82) is 0 Å². The normalized spacial score (nSPS) is 11.8. The van der Waals surface area contributed by atoms with Crippen LogP contribution < -0.4 is 15.4 Å². The zero-order valence-electron chi connectivity index (χ0n) is 15.6. The van der Waals surface area contributed by atoms with Gasteiger partial charge in [-0.15, -0.1) is 0 Å². The van der Waals surface area contributed by atoms with E-state index in [9.17, 15) is 4.79 Å². The zero-order chi connectivity index (χ0) is 18.6. The Bertz CT molecular complexity index is 661. The summed E-state index contributed by atoms with van der Waals surface area (Å²) in [7, 11) is 0. The van der Waals surface area contributed by atoms with Gasteiger partial charge in [0.25, 0.3) is 5.91 Å². The maximum atomic E-state index is 13.0. The van der Waals surface area contributed by atoms with Crippen molar-refractivity contribution in [3.63, 3.8) is 0 Å². The van der Waals surface area contributed by atoms with Crippen molar-refractivity contribution < 1.29 is 19.6 Å². The SMILES string of the molecule is CCOCCC[NH2+][C@@H](C(=O)Nc1ccccc1OCC)c1ccccc1. The lowest BCUT2D eigenvalue weighted by Crippen LogP contribution is -2.87. The lowest BCUT2D eigenvalue weighted by atomic mass is 10.1. The van der Waals surface area contributed by atoms with Gasteiger partial charge in [-0.2, -0.15) is 0 Å². The summed E-state index contributed by atoms with van der Waals surface area (Å²) in [4.78, 5) is 13.0. The van der Waals surface area contributed by atoms with Gasteiger partial charge < -0.3 is 20.1 Å². The van der Waals surface area contributed by atoms with Gasteiger partial charge in [-0.05, 0) is 26.0 Å². The molecule has 0 heterocycles. The van der Waals surface area contributed by atoms with Crippen LogP contribution in [0.5, 0.6) is 5.75 Å². The molecule has 2 rings (SSSR count). The highest BCUT2D eigenvalue weighted by Crippen LogP contribution is 2.24. The number of para-hydroxylation sites is 2. The third-order valence-electron chi connectivity index (χ3n) is 3.99. The number of anilines is 1. The first kappa shape index (κ1) is 19.9. The quantitative estimate of drug-likeness (QED) is 0.608. The first-order chi connectivity index (χ1) is 12.8. The van der Waals surface area contributed by atoms with Crippen LogP contribution in [0.1, 0.15) is 31.9 Å². The van der Waals surface area contributed by atoms with E-state index in [0.29, 0.717) is 24.7 Å². The Hall–Kier alpha value is -2.37. The van der Waals surface area contributed by atoms with Crippen molar-refractivity contribution in [2.45, 2.75) is 26.3 Å². The van der Waals surface area contributed by atoms with Crippen LogP contribution in [0.4, 0.5) is 5.69 Å². The minimum absolute atomic E-state index is 0.0558. The molecular weight excluding hydrogens is 328 g/mol. The third-order valence-corrected chi connectivity index (χ3v) is 3.99. The minimum atomic E-state index is -0.312. The number of nitrogens with two attached hydrogens (primary N) is 1. The Morgan fingerprint density at radius 2 is 1.77 bits per heavy atom. The highest BCUT2D eigenvalue weighted by Gasteiger charge is 2.24. The number of ether oxygens (including phenoxy) is 2. The lowest BCUT2D eigenvalue weighted by Gasteiger charge is -2.17. The smallest absolute Gasteiger partial charge is 0.287 e. The van der Waals surface area contributed by atoms with E-state index in [1.165, 1.54) is 0 Å². The molecule has 1 atom stereocenters. The highest BCUT2D eigenvalue weighted by molar-refractivity contribution is 5.95. The standard InChI is InChI=1S/C21H28N2O3/c1-3-25-16-10-15-22-20(17-11-6-5-7-12-17)21(24)23-18-13-8-9-14-19(18)26-4-2/h5-9,11-14,20,22H,3-4,10,15-16H2,1-2H3,(H,23,24)/p+1/t20-/m1/s1. The molecule has 0 spiro atoms. The molecule has 1 amide bonds. The summed E-state index contributed by atoms with van der Waals surface area (Å²) < 4.78 is 11.0. The Morgan fingerprint density at radius 1 is 1.04 bits per heavy atom. The predicted octanol–water partition coefficient (Wildman–Crippen LogP) is 2.76. The summed E-state index contributed by atoms with van der Waals surface area (Å²) in [6, 6.07) is 17.0. The van der Waals surface area contributed by atoms with Crippen LogP contribution in [-0.2, 0) is 9.53 Å². The van der Waals surface area contributed by atoms with Gasteiger partial charge in [0, 0.05) is 18.6 Å². The van der Waals surface area contributed by atoms with E-state index in [-0.39, 0.29) is 11.9 Å². The van der Waals surface area contributed by atoms with Crippen molar-refractivity contribution in [3.8, 4) is 5.75 Å². The van der Waals surface area contributed by atoms with Gasteiger partial charge in [0.1, 0.15) is 5.75 Å². The molecule has 0 unspecified atom stereocenters. The van der Waals surface area contributed by atoms with Crippen molar-refractivity contribution in [1.82, 2.24) is 0 Å². The summed E-state index contributed by atoms with van der Waals surface area (Å²) in [6.07, 6.45) is 0.903. The van der Waals surface area contributed by atoms with Gasteiger partial charge in [-0.25, -0.2) is 0 Å². The number of quaternary nitrogens is 1. The molecule has 0 aromatic heterocycles. The Labute approximate surface area is 155 Å². The summed E-state index contributed by atoms with van der Waals surface area (Å²) in [5.41, 5.74) is 1.68. The molecule has 3 N–H and O–H groups in total. The average molecular weight is 357 g/mol.